The molecule has 1 atom stereocenters. The van der Waals surface area contributed by atoms with Crippen LogP contribution < -0.4 is 5.32 Å². The number of nitrogens with one attached hydrogen (secondary N) is 1. The summed E-state index contributed by atoms with van der Waals surface area (Å²) >= 11 is 1.50. The van der Waals surface area contributed by atoms with Gasteiger partial charge in [0.1, 0.15) is 0 Å². The number of thioether (sulfide) groups is 1. The molecule has 162 valence electrons. The van der Waals surface area contributed by atoms with Gasteiger partial charge >= 0.3 is 0 Å². The Bertz CT molecular complexity index is 812. The Hall–Kier alpha value is -1.86. The van der Waals surface area contributed by atoms with E-state index >= 15 is 0 Å². The molecule has 1 aromatic heterocycles. The van der Waals surface area contributed by atoms with E-state index in [1.54, 1.807) is 0 Å². The number of amides is 1. The molecule has 6 nitrogen and oxygen atoms in total. The van der Waals surface area contributed by atoms with Gasteiger partial charge in [0.05, 0.1) is 11.8 Å². The van der Waals surface area contributed by atoms with Gasteiger partial charge in [-0.3, -0.25) is 14.3 Å². The number of hydrogen-bond donors (Lipinski definition) is 1. The molecule has 4 rings (SSSR count). The Morgan fingerprint density at radius 1 is 1.07 bits per heavy atom. The average molecular weight is 428 g/mol. The SMILES string of the molecule is CC(Sc1nnc(CN2CCCCC2)n1-c1ccccc1)C(=O)NC1CCCCC1. The standard InChI is InChI=1S/C23H33N5OS/c1-18(22(29)24-19-11-5-2-6-12-19)30-23-26-25-21(17-27-15-9-4-10-16-27)28(23)20-13-7-3-8-14-20/h3,7-8,13-14,18-19H,2,4-6,9-12,15-17H2,1H3,(H,24,29). The summed E-state index contributed by atoms with van der Waals surface area (Å²) in [5.41, 5.74) is 1.05. The highest BCUT2D eigenvalue weighted by Crippen LogP contribution is 2.27. The topological polar surface area (TPSA) is 63.1 Å². The fourth-order valence-corrected chi connectivity index (χ4v) is 5.31. The van der Waals surface area contributed by atoms with Crippen LogP contribution in [0.4, 0.5) is 0 Å². The molecule has 0 radical (unpaired) electrons. The summed E-state index contributed by atoms with van der Waals surface area (Å²) in [5, 5.41) is 12.9. The van der Waals surface area contributed by atoms with Crippen LogP contribution in [0.1, 0.15) is 64.1 Å². The van der Waals surface area contributed by atoms with Crippen molar-refractivity contribution in [3.8, 4) is 5.69 Å². The monoisotopic (exact) mass is 427 g/mol. The van der Waals surface area contributed by atoms with Crippen LogP contribution in [0.3, 0.4) is 0 Å². The fraction of sp³-hybridized carbons (Fsp3) is 0.609. The molecule has 2 aromatic rings. The minimum absolute atomic E-state index is 0.104. The van der Waals surface area contributed by atoms with Crippen LogP contribution in [0.2, 0.25) is 0 Å². The van der Waals surface area contributed by atoms with Crippen molar-refractivity contribution in [2.45, 2.75) is 81.3 Å². The first-order valence-electron chi connectivity index (χ1n) is 11.4. The van der Waals surface area contributed by atoms with E-state index in [4.69, 9.17) is 0 Å². The van der Waals surface area contributed by atoms with Gasteiger partial charge in [0.15, 0.2) is 11.0 Å². The van der Waals surface area contributed by atoms with Crippen molar-refractivity contribution < 1.29 is 4.79 Å². The van der Waals surface area contributed by atoms with Gasteiger partial charge in [-0.1, -0.05) is 55.6 Å². The molecular formula is C23H33N5OS. The van der Waals surface area contributed by atoms with E-state index in [1.807, 2.05) is 25.1 Å². The Balaban J connectivity index is 1.49. The number of para-hydroxylation sites is 1. The van der Waals surface area contributed by atoms with Gasteiger partial charge in [0.2, 0.25) is 5.91 Å². The fourth-order valence-electron chi connectivity index (χ4n) is 4.41. The number of benzene rings is 1. The third kappa shape index (κ3) is 5.43. The van der Waals surface area contributed by atoms with Gasteiger partial charge in [-0.05, 0) is 57.8 Å². The molecule has 1 aliphatic carbocycles. The van der Waals surface area contributed by atoms with E-state index in [9.17, 15) is 4.79 Å². The van der Waals surface area contributed by atoms with Crippen molar-refractivity contribution in [3.63, 3.8) is 0 Å². The summed E-state index contributed by atoms with van der Waals surface area (Å²) < 4.78 is 2.13. The van der Waals surface area contributed by atoms with Crippen molar-refractivity contribution in [3.05, 3.63) is 36.2 Å². The normalized spacial score (nSPS) is 19.5. The lowest BCUT2D eigenvalue weighted by Crippen LogP contribution is -2.40. The predicted molar refractivity (Wildman–Crippen MR) is 121 cm³/mol. The van der Waals surface area contributed by atoms with E-state index in [0.29, 0.717) is 6.04 Å². The number of nitrogens with zero attached hydrogens (tertiary/aromatic N) is 4. The number of aromatic nitrogens is 3. The van der Waals surface area contributed by atoms with Crippen LogP contribution in [0, 0.1) is 0 Å². The molecule has 1 saturated carbocycles. The highest BCUT2D eigenvalue weighted by atomic mass is 32.2. The van der Waals surface area contributed by atoms with Gasteiger partial charge in [0, 0.05) is 11.7 Å². The summed E-state index contributed by atoms with van der Waals surface area (Å²) in [6.07, 6.45) is 9.74. The third-order valence-electron chi connectivity index (χ3n) is 6.13. The molecule has 1 aliphatic heterocycles. The van der Waals surface area contributed by atoms with Crippen LogP contribution in [0.5, 0.6) is 0 Å². The zero-order chi connectivity index (χ0) is 20.8. The number of carbonyl (C=O) groups excluding carboxylic acids is 1. The minimum atomic E-state index is -0.207. The summed E-state index contributed by atoms with van der Waals surface area (Å²) in [6.45, 7) is 5.00. The second kappa shape index (κ2) is 10.4. The molecule has 1 saturated heterocycles. The molecule has 1 aromatic carbocycles. The van der Waals surface area contributed by atoms with Crippen molar-refractivity contribution in [1.29, 1.82) is 0 Å². The molecule has 7 heteroatoms. The molecule has 30 heavy (non-hydrogen) atoms. The minimum Gasteiger partial charge on any atom is -0.352 e. The van der Waals surface area contributed by atoms with Crippen LogP contribution in [-0.4, -0.2) is 50.0 Å². The molecule has 1 unspecified atom stereocenters. The molecule has 1 N–H and O–H groups in total. The Kier molecular flexibility index (Phi) is 7.44. The number of piperidine rings is 1. The molecule has 2 aliphatic rings. The number of carbonyl (C=O) groups is 1. The largest absolute Gasteiger partial charge is 0.352 e. The van der Waals surface area contributed by atoms with Crippen LogP contribution in [0.15, 0.2) is 35.5 Å². The van der Waals surface area contributed by atoms with E-state index in [-0.39, 0.29) is 11.2 Å². The second-order valence-electron chi connectivity index (χ2n) is 8.51. The third-order valence-corrected chi connectivity index (χ3v) is 7.17. The zero-order valence-electron chi connectivity index (χ0n) is 17.9. The number of hydrogen-bond acceptors (Lipinski definition) is 5. The van der Waals surface area contributed by atoms with Crippen LogP contribution in [-0.2, 0) is 11.3 Å². The Morgan fingerprint density at radius 3 is 2.50 bits per heavy atom. The summed E-state index contributed by atoms with van der Waals surface area (Å²) in [7, 11) is 0. The molecule has 2 heterocycles. The molecule has 2 fully saturated rings. The molecule has 1 amide bonds. The molecule has 0 bridgehead atoms. The highest BCUT2D eigenvalue weighted by Gasteiger charge is 2.24. The number of rotatable bonds is 7. The quantitative estimate of drug-likeness (QED) is 0.672. The Labute approximate surface area is 183 Å². The summed E-state index contributed by atoms with van der Waals surface area (Å²) in [5.74, 6) is 1.05. The summed E-state index contributed by atoms with van der Waals surface area (Å²) in [6, 6.07) is 10.6. The van der Waals surface area contributed by atoms with Crippen molar-refractivity contribution >= 4 is 17.7 Å². The second-order valence-corrected chi connectivity index (χ2v) is 9.82. The Morgan fingerprint density at radius 2 is 1.77 bits per heavy atom. The maximum atomic E-state index is 12.8. The van der Waals surface area contributed by atoms with Crippen molar-refractivity contribution in [2.24, 2.45) is 0 Å². The first kappa shape index (κ1) is 21.4. The van der Waals surface area contributed by atoms with E-state index in [2.05, 4.69) is 37.1 Å². The smallest absolute Gasteiger partial charge is 0.233 e. The number of likely N-dealkylation sites (tertiary alicyclic amines) is 1. The van der Waals surface area contributed by atoms with E-state index in [1.165, 1.54) is 50.3 Å². The maximum absolute atomic E-state index is 12.8. The molecule has 0 spiro atoms. The lowest BCUT2D eigenvalue weighted by atomic mass is 9.95. The van der Waals surface area contributed by atoms with E-state index < -0.39 is 0 Å². The lowest BCUT2D eigenvalue weighted by Gasteiger charge is -2.26. The highest BCUT2D eigenvalue weighted by molar-refractivity contribution is 8.00. The first-order chi connectivity index (χ1) is 14.7. The van der Waals surface area contributed by atoms with Gasteiger partial charge in [0.25, 0.3) is 0 Å². The lowest BCUT2D eigenvalue weighted by molar-refractivity contribution is -0.121. The van der Waals surface area contributed by atoms with Gasteiger partial charge in [-0.15, -0.1) is 10.2 Å². The average Bonchev–Trinajstić information content (AvgIpc) is 3.17. The van der Waals surface area contributed by atoms with Crippen molar-refractivity contribution in [1.82, 2.24) is 25.0 Å². The first-order valence-corrected chi connectivity index (χ1v) is 12.3. The zero-order valence-corrected chi connectivity index (χ0v) is 18.7. The molecular weight excluding hydrogens is 394 g/mol. The maximum Gasteiger partial charge on any atom is 0.233 e. The van der Waals surface area contributed by atoms with Gasteiger partial charge in [-0.25, -0.2) is 0 Å². The van der Waals surface area contributed by atoms with Crippen LogP contribution >= 0.6 is 11.8 Å². The predicted octanol–water partition coefficient (Wildman–Crippen LogP) is 4.18. The van der Waals surface area contributed by atoms with Crippen molar-refractivity contribution in [2.75, 3.05) is 13.1 Å². The summed E-state index contributed by atoms with van der Waals surface area (Å²) in [4.78, 5) is 15.2. The van der Waals surface area contributed by atoms with E-state index in [0.717, 1.165) is 49.1 Å². The van der Waals surface area contributed by atoms with Crippen LogP contribution in [0.25, 0.3) is 5.69 Å². The van der Waals surface area contributed by atoms with Gasteiger partial charge < -0.3 is 5.32 Å². The van der Waals surface area contributed by atoms with Gasteiger partial charge in [-0.2, -0.15) is 0 Å².